The fraction of sp³-hybridized carbons (Fsp3) is 0.500. The Labute approximate surface area is 131 Å². The lowest BCUT2D eigenvalue weighted by Crippen LogP contribution is -2.18. The van der Waals surface area contributed by atoms with Crippen molar-refractivity contribution >= 4 is 23.2 Å². The first-order valence-corrected chi connectivity index (χ1v) is 7.29. The van der Waals surface area contributed by atoms with Gasteiger partial charge in [0.1, 0.15) is 11.5 Å². The highest BCUT2D eigenvalue weighted by Crippen LogP contribution is 2.36. The topological polar surface area (TPSA) is 76.7 Å². The molecule has 2 amide bonds. The van der Waals surface area contributed by atoms with E-state index >= 15 is 0 Å². The van der Waals surface area contributed by atoms with Gasteiger partial charge in [0.15, 0.2) is 0 Å². The summed E-state index contributed by atoms with van der Waals surface area (Å²) in [5, 5.41) is 5.57. The van der Waals surface area contributed by atoms with Gasteiger partial charge in [0.25, 0.3) is 0 Å². The normalized spacial score (nSPS) is 10.3. The minimum absolute atomic E-state index is 0.0955. The number of amides is 2. The summed E-state index contributed by atoms with van der Waals surface area (Å²) in [5.74, 6) is 0.551. The zero-order valence-corrected chi connectivity index (χ0v) is 13.8. The van der Waals surface area contributed by atoms with Gasteiger partial charge in [-0.15, -0.1) is 0 Å². The molecule has 1 rings (SSSR count). The molecule has 1 aromatic rings. The van der Waals surface area contributed by atoms with Crippen LogP contribution in [0, 0.1) is 5.92 Å². The molecular weight excluding hydrogens is 284 g/mol. The number of rotatable bonds is 7. The van der Waals surface area contributed by atoms with Crippen molar-refractivity contribution in [1.29, 1.82) is 0 Å². The number of carbonyl (C=O) groups is 2. The molecule has 0 spiro atoms. The van der Waals surface area contributed by atoms with E-state index in [9.17, 15) is 9.59 Å². The minimum Gasteiger partial charge on any atom is -0.494 e. The van der Waals surface area contributed by atoms with Crippen LogP contribution in [0.1, 0.15) is 33.6 Å². The van der Waals surface area contributed by atoms with Gasteiger partial charge in [0.05, 0.1) is 25.6 Å². The van der Waals surface area contributed by atoms with E-state index in [4.69, 9.17) is 9.47 Å². The van der Waals surface area contributed by atoms with E-state index in [0.29, 0.717) is 29.3 Å². The molecule has 0 aliphatic heterocycles. The monoisotopic (exact) mass is 308 g/mol. The summed E-state index contributed by atoms with van der Waals surface area (Å²) in [4.78, 5) is 23.6. The van der Waals surface area contributed by atoms with E-state index in [-0.39, 0.29) is 17.7 Å². The Hall–Kier alpha value is -2.24. The van der Waals surface area contributed by atoms with Crippen LogP contribution in [0.15, 0.2) is 12.1 Å². The lowest BCUT2D eigenvalue weighted by molar-refractivity contribution is -0.119. The molecule has 0 atom stereocenters. The van der Waals surface area contributed by atoms with Crippen molar-refractivity contribution in [2.45, 2.75) is 33.6 Å². The molecule has 0 heterocycles. The van der Waals surface area contributed by atoms with Gasteiger partial charge in [-0.25, -0.2) is 0 Å². The Bertz CT molecular complexity index is 541. The standard InChI is InChI=1S/C16H24N2O4/c1-6-7-15(19)17-11-8-14(22-5)12(9-13(11)21-4)18-16(20)10(2)3/h8-10H,6-7H2,1-5H3,(H,17,19)(H,18,20). The van der Waals surface area contributed by atoms with E-state index in [1.807, 2.05) is 6.92 Å². The smallest absolute Gasteiger partial charge is 0.227 e. The number of methoxy groups -OCH3 is 2. The number of nitrogens with one attached hydrogen (secondary N) is 2. The number of carbonyl (C=O) groups excluding carboxylic acids is 2. The zero-order chi connectivity index (χ0) is 16.7. The molecule has 0 unspecified atom stereocenters. The first kappa shape index (κ1) is 17.8. The van der Waals surface area contributed by atoms with Crippen LogP contribution in [-0.2, 0) is 9.59 Å². The number of anilines is 2. The molecule has 0 aliphatic carbocycles. The molecule has 6 nitrogen and oxygen atoms in total. The van der Waals surface area contributed by atoms with E-state index in [1.165, 1.54) is 14.2 Å². The second-order valence-electron chi connectivity index (χ2n) is 5.19. The molecule has 1 aromatic carbocycles. The van der Waals surface area contributed by atoms with Gasteiger partial charge in [-0.1, -0.05) is 20.8 Å². The second kappa shape index (κ2) is 8.26. The molecule has 0 radical (unpaired) electrons. The lowest BCUT2D eigenvalue weighted by Gasteiger charge is -2.16. The zero-order valence-electron chi connectivity index (χ0n) is 13.8. The van der Waals surface area contributed by atoms with Crippen LogP contribution in [0.3, 0.4) is 0 Å². The van der Waals surface area contributed by atoms with Crippen LogP contribution in [-0.4, -0.2) is 26.0 Å². The average molecular weight is 308 g/mol. The third-order valence-electron chi connectivity index (χ3n) is 3.06. The van der Waals surface area contributed by atoms with Crippen molar-refractivity contribution in [2.24, 2.45) is 5.92 Å². The molecule has 22 heavy (non-hydrogen) atoms. The predicted octanol–water partition coefficient (Wildman–Crippen LogP) is 3.04. The Morgan fingerprint density at radius 1 is 1.05 bits per heavy atom. The van der Waals surface area contributed by atoms with Crippen LogP contribution >= 0.6 is 0 Å². The highest BCUT2D eigenvalue weighted by molar-refractivity contribution is 5.96. The highest BCUT2D eigenvalue weighted by Gasteiger charge is 2.16. The van der Waals surface area contributed by atoms with Crippen molar-refractivity contribution in [3.63, 3.8) is 0 Å². The maximum atomic E-state index is 11.9. The Kier molecular flexibility index (Phi) is 6.69. The molecular formula is C16H24N2O4. The fourth-order valence-electron chi connectivity index (χ4n) is 1.81. The molecule has 0 aromatic heterocycles. The third kappa shape index (κ3) is 4.65. The van der Waals surface area contributed by atoms with Gasteiger partial charge in [0.2, 0.25) is 11.8 Å². The summed E-state index contributed by atoms with van der Waals surface area (Å²) in [6, 6.07) is 3.28. The van der Waals surface area contributed by atoms with Crippen molar-refractivity contribution in [3.8, 4) is 11.5 Å². The van der Waals surface area contributed by atoms with E-state index < -0.39 is 0 Å². The SMILES string of the molecule is CCCC(=O)Nc1cc(OC)c(NC(=O)C(C)C)cc1OC. The van der Waals surface area contributed by atoms with Crippen molar-refractivity contribution < 1.29 is 19.1 Å². The van der Waals surface area contributed by atoms with E-state index in [2.05, 4.69) is 10.6 Å². The molecule has 0 saturated carbocycles. The van der Waals surface area contributed by atoms with Gasteiger partial charge in [-0.05, 0) is 6.42 Å². The third-order valence-corrected chi connectivity index (χ3v) is 3.06. The van der Waals surface area contributed by atoms with Gasteiger partial charge >= 0.3 is 0 Å². The second-order valence-corrected chi connectivity index (χ2v) is 5.19. The average Bonchev–Trinajstić information content (AvgIpc) is 2.48. The van der Waals surface area contributed by atoms with Crippen molar-refractivity contribution in [3.05, 3.63) is 12.1 Å². The summed E-state index contributed by atoms with van der Waals surface area (Å²) in [6.45, 7) is 5.54. The molecule has 0 bridgehead atoms. The largest absolute Gasteiger partial charge is 0.494 e. The maximum Gasteiger partial charge on any atom is 0.227 e. The van der Waals surface area contributed by atoms with Crippen LogP contribution in [0.5, 0.6) is 11.5 Å². The Morgan fingerprint density at radius 2 is 1.55 bits per heavy atom. The number of ether oxygens (including phenoxy) is 2. The quantitative estimate of drug-likeness (QED) is 0.811. The first-order valence-electron chi connectivity index (χ1n) is 7.29. The van der Waals surface area contributed by atoms with Gasteiger partial charge in [-0.2, -0.15) is 0 Å². The molecule has 0 saturated heterocycles. The number of hydrogen-bond donors (Lipinski definition) is 2. The van der Waals surface area contributed by atoms with Crippen LogP contribution < -0.4 is 20.1 Å². The maximum absolute atomic E-state index is 11.9. The molecule has 0 aliphatic rings. The highest BCUT2D eigenvalue weighted by atomic mass is 16.5. The number of benzene rings is 1. The van der Waals surface area contributed by atoms with E-state index in [1.54, 1.807) is 26.0 Å². The lowest BCUT2D eigenvalue weighted by atomic mass is 10.2. The molecule has 0 fully saturated rings. The van der Waals surface area contributed by atoms with Crippen LogP contribution in [0.4, 0.5) is 11.4 Å². The fourth-order valence-corrected chi connectivity index (χ4v) is 1.81. The van der Waals surface area contributed by atoms with Crippen molar-refractivity contribution in [2.75, 3.05) is 24.9 Å². The molecule has 122 valence electrons. The van der Waals surface area contributed by atoms with Gasteiger partial charge in [-0.3, -0.25) is 9.59 Å². The molecule has 6 heteroatoms. The summed E-state index contributed by atoms with van der Waals surface area (Å²) < 4.78 is 10.6. The van der Waals surface area contributed by atoms with Gasteiger partial charge in [0, 0.05) is 24.5 Å². The van der Waals surface area contributed by atoms with Crippen LogP contribution in [0.25, 0.3) is 0 Å². The van der Waals surface area contributed by atoms with Crippen molar-refractivity contribution in [1.82, 2.24) is 0 Å². The van der Waals surface area contributed by atoms with Crippen LogP contribution in [0.2, 0.25) is 0 Å². The Morgan fingerprint density at radius 3 is 1.95 bits per heavy atom. The summed E-state index contributed by atoms with van der Waals surface area (Å²) >= 11 is 0. The summed E-state index contributed by atoms with van der Waals surface area (Å²) in [5.41, 5.74) is 1.02. The number of hydrogen-bond acceptors (Lipinski definition) is 4. The predicted molar refractivity (Wildman–Crippen MR) is 86.6 cm³/mol. The minimum atomic E-state index is -0.153. The first-order chi connectivity index (χ1) is 10.4. The molecule has 2 N–H and O–H groups in total. The van der Waals surface area contributed by atoms with Gasteiger partial charge < -0.3 is 20.1 Å². The van der Waals surface area contributed by atoms with E-state index in [0.717, 1.165) is 6.42 Å². The Balaban J connectivity index is 3.11. The summed E-state index contributed by atoms with van der Waals surface area (Å²) in [6.07, 6.45) is 1.19. The summed E-state index contributed by atoms with van der Waals surface area (Å²) in [7, 11) is 3.01.